The van der Waals surface area contributed by atoms with E-state index in [1.165, 1.54) is 0 Å². The maximum Gasteiger partial charge on any atom is 0.243 e. The van der Waals surface area contributed by atoms with Crippen molar-refractivity contribution in [3.8, 4) is 5.75 Å². The molecule has 1 heterocycles. The van der Waals surface area contributed by atoms with Crippen LogP contribution >= 0.6 is 23.2 Å². The van der Waals surface area contributed by atoms with Gasteiger partial charge < -0.3 is 10.1 Å². The number of rotatable bonds is 7. The van der Waals surface area contributed by atoms with Gasteiger partial charge in [-0.15, -0.1) is 6.58 Å². The highest BCUT2D eigenvalue weighted by Crippen LogP contribution is 2.34. The molecule has 2 rings (SSSR count). The van der Waals surface area contributed by atoms with Crippen molar-refractivity contribution in [2.45, 2.75) is 20.0 Å². The van der Waals surface area contributed by atoms with Gasteiger partial charge in [-0.25, -0.2) is 4.68 Å². The second-order valence-electron chi connectivity index (χ2n) is 4.15. The van der Waals surface area contributed by atoms with Crippen LogP contribution in [0.5, 0.6) is 5.75 Å². The first-order chi connectivity index (χ1) is 10.2. The largest absolute Gasteiger partial charge is 0.491 e. The summed E-state index contributed by atoms with van der Waals surface area (Å²) < 4.78 is 6.99. The lowest BCUT2D eigenvalue weighted by atomic mass is 10.2. The molecule has 1 aromatic heterocycles. The Labute approximate surface area is 132 Å². The Balaban J connectivity index is 2.10. The number of tetrazole rings is 1. The molecule has 0 bridgehead atoms. The number of halogens is 2. The lowest BCUT2D eigenvalue weighted by molar-refractivity contribution is 0.340. The van der Waals surface area contributed by atoms with Gasteiger partial charge in [0.25, 0.3) is 0 Å². The van der Waals surface area contributed by atoms with Gasteiger partial charge in [0.05, 0.1) is 23.2 Å². The van der Waals surface area contributed by atoms with Gasteiger partial charge in [-0.05, 0) is 35.0 Å². The van der Waals surface area contributed by atoms with E-state index in [0.717, 1.165) is 5.56 Å². The maximum atomic E-state index is 6.16. The lowest BCUT2D eigenvalue weighted by Gasteiger charge is -2.11. The Morgan fingerprint density at radius 1 is 1.38 bits per heavy atom. The number of ether oxygens (including phenoxy) is 1. The van der Waals surface area contributed by atoms with Crippen LogP contribution in [0.1, 0.15) is 12.5 Å². The van der Waals surface area contributed by atoms with E-state index in [1.54, 1.807) is 22.9 Å². The smallest absolute Gasteiger partial charge is 0.243 e. The normalized spacial score (nSPS) is 10.4. The average molecular weight is 328 g/mol. The number of hydrogen-bond acceptors (Lipinski definition) is 5. The number of nitrogens with zero attached hydrogens (tertiary/aromatic N) is 4. The summed E-state index contributed by atoms with van der Waals surface area (Å²) in [4.78, 5) is 0. The Kier molecular flexibility index (Phi) is 5.41. The fourth-order valence-electron chi connectivity index (χ4n) is 1.75. The van der Waals surface area contributed by atoms with Crippen LogP contribution in [0, 0.1) is 0 Å². The zero-order chi connectivity index (χ0) is 15.2. The molecule has 1 aromatic carbocycles. The standard InChI is InChI=1S/C13H15Cl2N5O/c1-3-5-20-13(17-18-19-20)16-8-9-6-10(14)12(21-4-2)11(15)7-9/h3,6-7H,1,4-5,8H2,2H3,(H,16,17,19). The topological polar surface area (TPSA) is 64.9 Å². The summed E-state index contributed by atoms with van der Waals surface area (Å²) in [6.45, 7) is 7.05. The van der Waals surface area contributed by atoms with Crippen LogP contribution in [0.15, 0.2) is 24.8 Å². The molecule has 0 amide bonds. The van der Waals surface area contributed by atoms with E-state index in [-0.39, 0.29) is 0 Å². The van der Waals surface area contributed by atoms with Crippen molar-refractivity contribution in [1.82, 2.24) is 20.2 Å². The summed E-state index contributed by atoms with van der Waals surface area (Å²) in [6.07, 6.45) is 1.71. The molecule has 0 saturated heterocycles. The van der Waals surface area contributed by atoms with Crippen LogP contribution in [0.4, 0.5) is 5.95 Å². The van der Waals surface area contributed by atoms with Crippen molar-refractivity contribution < 1.29 is 4.74 Å². The summed E-state index contributed by atoms with van der Waals surface area (Å²) in [5.41, 5.74) is 0.904. The Hall–Kier alpha value is -1.79. The number of nitrogens with one attached hydrogen (secondary N) is 1. The lowest BCUT2D eigenvalue weighted by Crippen LogP contribution is -2.08. The van der Waals surface area contributed by atoms with E-state index >= 15 is 0 Å². The molecule has 0 radical (unpaired) electrons. The second-order valence-corrected chi connectivity index (χ2v) is 4.96. The molecule has 0 aliphatic rings. The van der Waals surface area contributed by atoms with Crippen molar-refractivity contribution in [2.75, 3.05) is 11.9 Å². The van der Waals surface area contributed by atoms with Gasteiger partial charge in [0, 0.05) is 6.54 Å². The molecule has 2 aromatic rings. The summed E-state index contributed by atoms with van der Waals surface area (Å²) >= 11 is 12.3. The van der Waals surface area contributed by atoms with Crippen LogP contribution in [-0.2, 0) is 13.1 Å². The predicted molar refractivity (Wildman–Crippen MR) is 83.0 cm³/mol. The molecule has 0 unspecified atom stereocenters. The minimum absolute atomic E-state index is 0.479. The van der Waals surface area contributed by atoms with E-state index < -0.39 is 0 Å². The monoisotopic (exact) mass is 327 g/mol. The molecule has 6 nitrogen and oxygen atoms in total. The Bertz CT molecular complexity index is 606. The zero-order valence-corrected chi connectivity index (χ0v) is 13.0. The molecular formula is C13H15Cl2N5O. The molecular weight excluding hydrogens is 313 g/mol. The molecule has 0 atom stereocenters. The van der Waals surface area contributed by atoms with E-state index in [1.807, 2.05) is 6.92 Å². The van der Waals surface area contributed by atoms with Gasteiger partial charge in [0.1, 0.15) is 0 Å². The number of hydrogen-bond donors (Lipinski definition) is 1. The van der Waals surface area contributed by atoms with Crippen molar-refractivity contribution >= 4 is 29.2 Å². The third-order valence-corrected chi connectivity index (χ3v) is 3.19. The SMILES string of the molecule is C=CCn1nnnc1NCc1cc(Cl)c(OCC)c(Cl)c1. The third kappa shape index (κ3) is 3.86. The third-order valence-electron chi connectivity index (χ3n) is 2.63. The van der Waals surface area contributed by atoms with E-state index in [0.29, 0.717) is 41.4 Å². The molecule has 21 heavy (non-hydrogen) atoms. The highest BCUT2D eigenvalue weighted by Gasteiger charge is 2.10. The molecule has 0 spiro atoms. The first kappa shape index (κ1) is 15.6. The van der Waals surface area contributed by atoms with Gasteiger partial charge in [0.2, 0.25) is 5.95 Å². The maximum absolute atomic E-state index is 6.16. The van der Waals surface area contributed by atoms with Crippen molar-refractivity contribution in [3.05, 3.63) is 40.4 Å². The van der Waals surface area contributed by atoms with Crippen LogP contribution in [0.2, 0.25) is 10.0 Å². The summed E-state index contributed by atoms with van der Waals surface area (Å²) in [7, 11) is 0. The molecule has 0 aliphatic heterocycles. The van der Waals surface area contributed by atoms with Crippen molar-refractivity contribution in [2.24, 2.45) is 0 Å². The minimum Gasteiger partial charge on any atom is -0.491 e. The second kappa shape index (κ2) is 7.28. The Morgan fingerprint density at radius 2 is 2.10 bits per heavy atom. The first-order valence-corrected chi connectivity index (χ1v) is 7.13. The summed E-state index contributed by atoms with van der Waals surface area (Å²) in [6, 6.07) is 3.60. The van der Waals surface area contributed by atoms with Gasteiger partial charge >= 0.3 is 0 Å². The summed E-state index contributed by atoms with van der Waals surface area (Å²) in [5, 5.41) is 15.4. The fourth-order valence-corrected chi connectivity index (χ4v) is 2.40. The van der Waals surface area contributed by atoms with E-state index in [4.69, 9.17) is 27.9 Å². The van der Waals surface area contributed by atoms with Gasteiger partial charge in [-0.2, -0.15) is 0 Å². The molecule has 1 N–H and O–H groups in total. The summed E-state index contributed by atoms with van der Waals surface area (Å²) in [5.74, 6) is 1.05. The van der Waals surface area contributed by atoms with Crippen LogP contribution in [-0.4, -0.2) is 26.8 Å². The minimum atomic E-state index is 0.479. The van der Waals surface area contributed by atoms with Gasteiger partial charge in [-0.3, -0.25) is 0 Å². The number of benzene rings is 1. The van der Waals surface area contributed by atoms with Gasteiger partial charge in [-0.1, -0.05) is 34.4 Å². The van der Waals surface area contributed by atoms with Crippen molar-refractivity contribution in [1.29, 1.82) is 0 Å². The first-order valence-electron chi connectivity index (χ1n) is 6.37. The molecule has 8 heteroatoms. The molecule has 112 valence electrons. The predicted octanol–water partition coefficient (Wildman–Crippen LogP) is 3.18. The van der Waals surface area contributed by atoms with Gasteiger partial charge in [0.15, 0.2) is 5.75 Å². The number of allylic oxidation sites excluding steroid dienone is 1. The highest BCUT2D eigenvalue weighted by atomic mass is 35.5. The zero-order valence-electron chi connectivity index (χ0n) is 11.5. The van der Waals surface area contributed by atoms with Crippen LogP contribution in [0.3, 0.4) is 0 Å². The Morgan fingerprint density at radius 3 is 2.71 bits per heavy atom. The quantitative estimate of drug-likeness (QED) is 0.791. The molecule has 0 aliphatic carbocycles. The number of anilines is 1. The van der Waals surface area contributed by atoms with Crippen LogP contribution < -0.4 is 10.1 Å². The highest BCUT2D eigenvalue weighted by molar-refractivity contribution is 6.37. The van der Waals surface area contributed by atoms with E-state index in [9.17, 15) is 0 Å². The average Bonchev–Trinajstić information content (AvgIpc) is 2.88. The van der Waals surface area contributed by atoms with E-state index in [2.05, 4.69) is 27.4 Å². The molecule has 0 fully saturated rings. The van der Waals surface area contributed by atoms with Crippen molar-refractivity contribution in [3.63, 3.8) is 0 Å². The fraction of sp³-hybridized carbons (Fsp3) is 0.308. The molecule has 0 saturated carbocycles. The number of aromatic nitrogens is 4. The van der Waals surface area contributed by atoms with Crippen LogP contribution in [0.25, 0.3) is 0 Å².